The second kappa shape index (κ2) is 8.75. The van der Waals surface area contributed by atoms with E-state index in [0.29, 0.717) is 26.4 Å². The van der Waals surface area contributed by atoms with Gasteiger partial charge >= 0.3 is 0 Å². The molecule has 0 bridgehead atoms. The van der Waals surface area contributed by atoms with Crippen molar-refractivity contribution in [3.8, 4) is 23.0 Å². The van der Waals surface area contributed by atoms with E-state index >= 15 is 0 Å². The lowest BCUT2D eigenvalue weighted by molar-refractivity contribution is 0.0932. The van der Waals surface area contributed by atoms with Gasteiger partial charge in [-0.15, -0.1) is 11.3 Å². The van der Waals surface area contributed by atoms with Crippen LogP contribution < -0.4 is 10.3 Å². The number of ether oxygens (including phenoxy) is 1. The maximum absolute atomic E-state index is 14.0. The quantitative estimate of drug-likeness (QED) is 0.218. The largest absolute Gasteiger partial charge is 0.437 e. The summed E-state index contributed by atoms with van der Waals surface area (Å²) < 4.78 is 8.26. The molecule has 178 valence electrons. The minimum atomic E-state index is -0.528. The molecular formula is C27H15Cl3N2O3S. The fraction of sp³-hybridized carbons (Fsp3) is 0.0741. The summed E-state index contributed by atoms with van der Waals surface area (Å²) in [5.41, 5.74) is 1.17. The lowest BCUT2D eigenvalue weighted by atomic mass is 9.89. The van der Waals surface area contributed by atoms with E-state index in [1.807, 2.05) is 30.3 Å². The van der Waals surface area contributed by atoms with Crippen molar-refractivity contribution < 1.29 is 9.53 Å². The van der Waals surface area contributed by atoms with Gasteiger partial charge in [-0.05, 0) is 54.1 Å². The van der Waals surface area contributed by atoms with Gasteiger partial charge in [0.1, 0.15) is 0 Å². The molecule has 1 atom stereocenters. The molecule has 9 heteroatoms. The molecule has 6 rings (SSSR count). The highest BCUT2D eigenvalue weighted by Gasteiger charge is 2.37. The number of aromatic nitrogens is 2. The summed E-state index contributed by atoms with van der Waals surface area (Å²) in [6.07, 6.45) is 0. The first-order valence-corrected chi connectivity index (χ1v) is 12.9. The average molecular weight is 554 g/mol. The van der Waals surface area contributed by atoms with Crippen LogP contribution in [0.1, 0.15) is 33.6 Å². The van der Waals surface area contributed by atoms with E-state index in [1.54, 1.807) is 36.4 Å². The number of thiophene rings is 1. The Bertz CT molecular complexity index is 1740. The summed E-state index contributed by atoms with van der Waals surface area (Å²) in [6, 6.07) is 19.6. The normalized spacial score (nSPS) is 14.3. The topological polar surface area (TPSA) is 61.2 Å². The van der Waals surface area contributed by atoms with Gasteiger partial charge in [0.25, 0.3) is 5.56 Å². The van der Waals surface area contributed by atoms with E-state index in [9.17, 15) is 9.59 Å². The predicted octanol–water partition coefficient (Wildman–Crippen LogP) is 8.03. The molecule has 3 heterocycles. The van der Waals surface area contributed by atoms with Crippen LogP contribution in [-0.4, -0.2) is 15.5 Å². The molecule has 0 radical (unpaired) electrons. The second-order valence-corrected chi connectivity index (χ2v) is 10.7. The Labute approximate surface area is 224 Å². The third-order valence-corrected chi connectivity index (χ3v) is 8.32. The second-order valence-electron chi connectivity index (χ2n) is 8.32. The van der Waals surface area contributed by atoms with Gasteiger partial charge in [-0.25, -0.2) is 4.57 Å². The van der Waals surface area contributed by atoms with Crippen LogP contribution in [0.4, 0.5) is 0 Å². The van der Waals surface area contributed by atoms with Gasteiger partial charge < -0.3 is 4.74 Å². The molecule has 0 fully saturated rings. The molecule has 1 aliphatic rings. The monoisotopic (exact) mass is 552 g/mol. The van der Waals surface area contributed by atoms with E-state index in [1.165, 1.54) is 18.3 Å². The molecule has 2 aromatic heterocycles. The van der Waals surface area contributed by atoms with Crippen molar-refractivity contribution in [1.29, 1.82) is 0 Å². The molecule has 5 aromatic rings. The smallest absolute Gasteiger partial charge is 0.268 e. The molecule has 0 N–H and O–H groups in total. The molecule has 1 unspecified atom stereocenters. The van der Waals surface area contributed by atoms with E-state index in [2.05, 4.69) is 0 Å². The van der Waals surface area contributed by atoms with Crippen LogP contribution in [0, 0.1) is 0 Å². The number of rotatable bonds is 2. The molecule has 0 amide bonds. The van der Waals surface area contributed by atoms with Crippen molar-refractivity contribution in [2.75, 3.05) is 0 Å². The predicted molar refractivity (Wildman–Crippen MR) is 145 cm³/mol. The standard InChI is InChI=1S/C27H15Cl3N2O3S/c1-13(33)32-25(15-7-11-17(29)12-8-15)31-26-21(27(32)34)20(14-5-9-16(28)10-6-14)24-22(35-26)18-3-2-4-19(30)23(18)36-24/h2-12,20H,1H3. The van der Waals surface area contributed by atoms with Crippen LogP contribution in [-0.2, 0) is 0 Å². The maximum atomic E-state index is 14.0. The van der Waals surface area contributed by atoms with Gasteiger partial charge in [0, 0.05) is 27.9 Å². The number of hydrogen-bond acceptors (Lipinski definition) is 5. The Balaban J connectivity index is 1.69. The Morgan fingerprint density at radius 3 is 2.31 bits per heavy atom. The van der Waals surface area contributed by atoms with Gasteiger partial charge in [0.05, 0.1) is 26.1 Å². The maximum Gasteiger partial charge on any atom is 0.268 e. The highest BCUT2D eigenvalue weighted by molar-refractivity contribution is 7.20. The average Bonchev–Trinajstić information content (AvgIpc) is 3.23. The van der Waals surface area contributed by atoms with Crippen LogP contribution >= 0.6 is 46.1 Å². The summed E-state index contributed by atoms with van der Waals surface area (Å²) in [4.78, 5) is 32.3. The fourth-order valence-corrected chi connectivity index (χ4v) is 6.32. The summed E-state index contributed by atoms with van der Waals surface area (Å²) in [5, 5.41) is 2.52. The lowest BCUT2D eigenvalue weighted by Gasteiger charge is -2.26. The molecule has 0 spiro atoms. The summed E-state index contributed by atoms with van der Waals surface area (Å²) in [7, 11) is 0. The van der Waals surface area contributed by atoms with Crippen molar-refractivity contribution in [3.05, 3.63) is 108 Å². The highest BCUT2D eigenvalue weighted by atomic mass is 35.5. The Kier molecular flexibility index (Phi) is 5.65. The molecule has 1 aliphatic heterocycles. The van der Waals surface area contributed by atoms with E-state index in [4.69, 9.17) is 44.5 Å². The fourth-order valence-electron chi connectivity index (χ4n) is 4.50. The van der Waals surface area contributed by atoms with Gasteiger partial charge in [0.15, 0.2) is 11.6 Å². The van der Waals surface area contributed by atoms with Crippen LogP contribution in [0.3, 0.4) is 0 Å². The zero-order valence-corrected chi connectivity index (χ0v) is 21.7. The molecule has 0 aliphatic carbocycles. The van der Waals surface area contributed by atoms with Crippen molar-refractivity contribution in [1.82, 2.24) is 9.55 Å². The van der Waals surface area contributed by atoms with E-state index in [0.717, 1.165) is 25.1 Å². The Morgan fingerprint density at radius 2 is 1.64 bits per heavy atom. The van der Waals surface area contributed by atoms with Crippen LogP contribution in [0.15, 0.2) is 71.5 Å². The Hall–Kier alpha value is -3.16. The number of fused-ring (bicyclic) bond motifs is 4. The van der Waals surface area contributed by atoms with Crippen molar-refractivity contribution >= 4 is 62.1 Å². The van der Waals surface area contributed by atoms with Crippen molar-refractivity contribution in [2.24, 2.45) is 0 Å². The van der Waals surface area contributed by atoms with Gasteiger partial charge in [0.2, 0.25) is 11.8 Å². The van der Waals surface area contributed by atoms with E-state index in [-0.39, 0.29) is 17.3 Å². The van der Waals surface area contributed by atoms with Gasteiger partial charge in [-0.1, -0.05) is 53.0 Å². The Morgan fingerprint density at radius 1 is 0.972 bits per heavy atom. The van der Waals surface area contributed by atoms with Gasteiger partial charge in [-0.3, -0.25) is 9.59 Å². The molecule has 0 saturated heterocycles. The first-order valence-electron chi connectivity index (χ1n) is 10.9. The molecule has 36 heavy (non-hydrogen) atoms. The third-order valence-electron chi connectivity index (χ3n) is 6.10. The highest BCUT2D eigenvalue weighted by Crippen LogP contribution is 2.53. The SMILES string of the molecule is CC(=O)n1c(-c2ccc(Cl)cc2)nc2c(c1=O)C(c1ccc(Cl)cc1)c1sc3c(Cl)cccc3c1O2. The zero-order chi connectivity index (χ0) is 25.1. The number of nitrogens with zero attached hydrogens (tertiary/aromatic N) is 2. The van der Waals surface area contributed by atoms with Crippen LogP contribution in [0.5, 0.6) is 11.6 Å². The molecular weight excluding hydrogens is 539 g/mol. The number of halogens is 3. The summed E-state index contributed by atoms with van der Waals surface area (Å²) in [5.74, 6) is -0.0625. The first kappa shape index (κ1) is 23.3. The minimum absolute atomic E-state index is 0.148. The summed E-state index contributed by atoms with van der Waals surface area (Å²) in [6.45, 7) is 1.33. The summed E-state index contributed by atoms with van der Waals surface area (Å²) >= 11 is 20.2. The molecule has 5 nitrogen and oxygen atoms in total. The number of benzene rings is 3. The third kappa shape index (κ3) is 3.64. The number of carbonyl (C=O) groups is 1. The van der Waals surface area contributed by atoms with Crippen LogP contribution in [0.2, 0.25) is 15.1 Å². The molecule has 3 aromatic carbocycles. The van der Waals surface area contributed by atoms with E-state index < -0.39 is 17.4 Å². The lowest BCUT2D eigenvalue weighted by Crippen LogP contribution is -2.33. The first-order chi connectivity index (χ1) is 17.3. The minimum Gasteiger partial charge on any atom is -0.437 e. The number of carbonyl (C=O) groups excluding carboxylic acids is 1. The van der Waals surface area contributed by atoms with Crippen molar-refractivity contribution in [2.45, 2.75) is 12.8 Å². The van der Waals surface area contributed by atoms with Gasteiger partial charge in [-0.2, -0.15) is 4.98 Å². The molecule has 0 saturated carbocycles. The van der Waals surface area contributed by atoms with Crippen LogP contribution in [0.25, 0.3) is 21.5 Å². The zero-order valence-electron chi connectivity index (χ0n) is 18.6. The number of hydrogen-bond donors (Lipinski definition) is 0. The van der Waals surface area contributed by atoms with Crippen molar-refractivity contribution in [3.63, 3.8) is 0 Å².